The molecular weight excluding hydrogens is 378 g/mol. The van der Waals surface area contributed by atoms with Gasteiger partial charge < -0.3 is 14.1 Å². The normalized spacial score (nSPS) is 13.8. The predicted molar refractivity (Wildman–Crippen MR) is 109 cm³/mol. The van der Waals surface area contributed by atoms with E-state index in [-0.39, 0.29) is 5.43 Å². The Kier molecular flexibility index (Phi) is 5.10. The Morgan fingerprint density at radius 2 is 2.14 bits per heavy atom. The number of aromatic nitrogens is 1. The van der Waals surface area contributed by atoms with Gasteiger partial charge in [0.1, 0.15) is 10.5 Å². The average Bonchev–Trinajstić information content (AvgIpc) is 3.14. The van der Waals surface area contributed by atoms with Gasteiger partial charge >= 0.3 is 5.91 Å². The molecule has 1 fully saturated rings. The van der Waals surface area contributed by atoms with Crippen molar-refractivity contribution in [2.24, 2.45) is 0 Å². The van der Waals surface area contributed by atoms with Gasteiger partial charge in [-0.25, -0.2) is 4.98 Å². The van der Waals surface area contributed by atoms with Gasteiger partial charge in [0.15, 0.2) is 11.5 Å². The van der Waals surface area contributed by atoms with Crippen LogP contribution in [0.4, 0.5) is 11.7 Å². The van der Waals surface area contributed by atoms with Crippen molar-refractivity contribution in [3.63, 3.8) is 0 Å². The minimum atomic E-state index is -0.427. The first-order valence-electron chi connectivity index (χ1n) is 8.75. The van der Waals surface area contributed by atoms with Crippen LogP contribution in [-0.2, 0) is 9.53 Å². The molecule has 1 aliphatic heterocycles. The molecular formula is C20H17N3O4S. The highest BCUT2D eigenvalue weighted by Gasteiger charge is 2.19. The van der Waals surface area contributed by atoms with Gasteiger partial charge in [-0.15, -0.1) is 11.3 Å². The zero-order chi connectivity index (χ0) is 19.5. The van der Waals surface area contributed by atoms with Gasteiger partial charge in [0.25, 0.3) is 0 Å². The van der Waals surface area contributed by atoms with E-state index in [0.717, 1.165) is 0 Å². The molecule has 1 aliphatic rings. The molecule has 1 N–H and O–H groups in total. The molecule has 1 amide bonds. The molecule has 0 aromatic carbocycles. The number of rotatable bonds is 3. The minimum Gasteiger partial charge on any atom is -0.439 e. The fourth-order valence-corrected chi connectivity index (χ4v) is 3.86. The van der Waals surface area contributed by atoms with Gasteiger partial charge in [0.2, 0.25) is 5.43 Å². The second kappa shape index (κ2) is 7.84. The first kappa shape index (κ1) is 18.2. The van der Waals surface area contributed by atoms with Crippen molar-refractivity contribution in [3.8, 4) is 23.1 Å². The fourth-order valence-electron chi connectivity index (χ4n) is 2.96. The maximum Gasteiger partial charge on any atom is 0.301 e. The van der Waals surface area contributed by atoms with E-state index in [1.807, 2.05) is 16.3 Å². The number of pyridine rings is 1. The van der Waals surface area contributed by atoms with Crippen LogP contribution >= 0.6 is 11.3 Å². The number of fused-ring (bicyclic) bond motifs is 1. The Hall–Kier alpha value is -3.15. The summed E-state index contributed by atoms with van der Waals surface area (Å²) in [6.45, 7) is 4.14. The van der Waals surface area contributed by atoms with Crippen molar-refractivity contribution in [3.05, 3.63) is 39.9 Å². The largest absolute Gasteiger partial charge is 0.439 e. The van der Waals surface area contributed by atoms with E-state index in [4.69, 9.17) is 9.15 Å². The smallest absolute Gasteiger partial charge is 0.301 e. The number of morpholine rings is 1. The van der Waals surface area contributed by atoms with E-state index in [1.165, 1.54) is 17.4 Å². The number of carbonyl (C=O) groups is 1. The highest BCUT2D eigenvalue weighted by Crippen LogP contribution is 2.34. The second-order valence-electron chi connectivity index (χ2n) is 6.09. The van der Waals surface area contributed by atoms with Crippen LogP contribution in [0, 0.1) is 11.8 Å². The van der Waals surface area contributed by atoms with Gasteiger partial charge in [0, 0.05) is 24.5 Å². The number of amides is 1. The van der Waals surface area contributed by atoms with E-state index >= 15 is 0 Å². The number of anilines is 2. The lowest BCUT2D eigenvalue weighted by molar-refractivity contribution is -0.111. The predicted octanol–water partition coefficient (Wildman–Crippen LogP) is 2.71. The monoisotopic (exact) mass is 395 g/mol. The van der Waals surface area contributed by atoms with Gasteiger partial charge in [0.05, 0.1) is 24.5 Å². The summed E-state index contributed by atoms with van der Waals surface area (Å²) in [6.07, 6.45) is 0. The van der Waals surface area contributed by atoms with Crippen molar-refractivity contribution < 1.29 is 13.9 Å². The van der Waals surface area contributed by atoms with E-state index < -0.39 is 5.91 Å². The number of ether oxygens (including phenoxy) is 1. The van der Waals surface area contributed by atoms with Gasteiger partial charge in [-0.3, -0.25) is 14.9 Å². The van der Waals surface area contributed by atoms with Crippen LogP contribution in [0.1, 0.15) is 6.92 Å². The SMILES string of the molecule is CC#CC(=O)Nc1cccc(-c2csc3c(=O)cc(N4CCOCC4)oc23)n1. The van der Waals surface area contributed by atoms with Crippen molar-refractivity contribution in [1.82, 2.24) is 4.98 Å². The molecule has 28 heavy (non-hydrogen) atoms. The van der Waals surface area contributed by atoms with E-state index in [2.05, 4.69) is 22.1 Å². The summed E-state index contributed by atoms with van der Waals surface area (Å²) in [4.78, 5) is 30.7. The first-order valence-corrected chi connectivity index (χ1v) is 9.63. The quantitative estimate of drug-likeness (QED) is 0.687. The Morgan fingerprint density at radius 3 is 2.93 bits per heavy atom. The zero-order valence-electron chi connectivity index (χ0n) is 15.2. The Bertz CT molecular complexity index is 1150. The van der Waals surface area contributed by atoms with Gasteiger partial charge in [-0.1, -0.05) is 12.0 Å². The molecule has 3 aromatic rings. The summed E-state index contributed by atoms with van der Waals surface area (Å²) in [6, 6.07) is 6.80. The molecule has 3 aromatic heterocycles. The first-order chi connectivity index (χ1) is 13.7. The number of nitrogens with one attached hydrogen (secondary N) is 1. The van der Waals surface area contributed by atoms with Crippen molar-refractivity contribution in [2.75, 3.05) is 36.5 Å². The standard InChI is InChI=1S/C20H17N3O4S/c1-2-4-17(25)22-16-6-3-5-14(21-16)13-12-28-20-15(24)11-18(27-19(13)20)23-7-9-26-10-8-23/h3,5-6,11-12H,7-10H2,1H3,(H,21,22,25). The van der Waals surface area contributed by atoms with Crippen LogP contribution in [0.5, 0.6) is 0 Å². The number of hydrogen-bond acceptors (Lipinski definition) is 7. The Labute approximate surface area is 164 Å². The molecule has 0 radical (unpaired) electrons. The second-order valence-corrected chi connectivity index (χ2v) is 6.97. The highest BCUT2D eigenvalue weighted by atomic mass is 32.1. The van der Waals surface area contributed by atoms with Gasteiger partial charge in [-0.05, 0) is 25.0 Å². The molecule has 0 unspecified atom stereocenters. The van der Waals surface area contributed by atoms with Crippen LogP contribution in [0.3, 0.4) is 0 Å². The lowest BCUT2D eigenvalue weighted by Gasteiger charge is -2.27. The number of nitrogens with zero attached hydrogens (tertiary/aromatic N) is 2. The molecule has 7 nitrogen and oxygen atoms in total. The maximum absolute atomic E-state index is 12.6. The molecule has 8 heteroatoms. The minimum absolute atomic E-state index is 0.0818. The fraction of sp³-hybridized carbons (Fsp3) is 0.250. The maximum atomic E-state index is 12.6. The number of thiophene rings is 1. The summed E-state index contributed by atoms with van der Waals surface area (Å²) in [7, 11) is 0. The van der Waals surface area contributed by atoms with Crippen LogP contribution in [0.2, 0.25) is 0 Å². The molecule has 0 spiro atoms. The molecule has 142 valence electrons. The lowest BCUT2D eigenvalue weighted by Crippen LogP contribution is -2.36. The van der Waals surface area contributed by atoms with Crippen LogP contribution in [0.25, 0.3) is 21.5 Å². The van der Waals surface area contributed by atoms with Crippen LogP contribution < -0.4 is 15.6 Å². The third-order valence-electron chi connectivity index (χ3n) is 4.26. The molecule has 0 bridgehead atoms. The summed E-state index contributed by atoms with van der Waals surface area (Å²) in [5, 5.41) is 4.48. The van der Waals surface area contributed by atoms with Crippen molar-refractivity contribution >= 4 is 39.2 Å². The molecule has 1 saturated heterocycles. The molecule has 0 aliphatic carbocycles. The third-order valence-corrected chi connectivity index (χ3v) is 5.23. The molecule has 0 saturated carbocycles. The molecule has 4 rings (SSSR count). The third kappa shape index (κ3) is 3.63. The van der Waals surface area contributed by atoms with Gasteiger partial charge in [-0.2, -0.15) is 0 Å². The average molecular weight is 395 g/mol. The topological polar surface area (TPSA) is 84.7 Å². The van der Waals surface area contributed by atoms with Crippen LogP contribution in [0.15, 0.2) is 38.9 Å². The zero-order valence-corrected chi connectivity index (χ0v) is 16.0. The van der Waals surface area contributed by atoms with E-state index in [0.29, 0.717) is 59.5 Å². The number of carbonyl (C=O) groups excluding carboxylic acids is 1. The van der Waals surface area contributed by atoms with Crippen LogP contribution in [-0.4, -0.2) is 37.2 Å². The Morgan fingerprint density at radius 1 is 1.32 bits per heavy atom. The molecule has 0 atom stereocenters. The van der Waals surface area contributed by atoms with E-state index in [9.17, 15) is 9.59 Å². The summed E-state index contributed by atoms with van der Waals surface area (Å²) < 4.78 is 12.0. The summed E-state index contributed by atoms with van der Waals surface area (Å²) in [5.74, 6) is 5.45. The molecule has 4 heterocycles. The number of hydrogen-bond donors (Lipinski definition) is 1. The van der Waals surface area contributed by atoms with Crippen molar-refractivity contribution in [2.45, 2.75) is 6.92 Å². The van der Waals surface area contributed by atoms with E-state index in [1.54, 1.807) is 19.1 Å². The van der Waals surface area contributed by atoms with Crippen molar-refractivity contribution in [1.29, 1.82) is 0 Å². The lowest BCUT2D eigenvalue weighted by atomic mass is 10.2. The summed E-state index contributed by atoms with van der Waals surface area (Å²) in [5.41, 5.74) is 1.74. The summed E-state index contributed by atoms with van der Waals surface area (Å²) >= 11 is 1.32. The highest BCUT2D eigenvalue weighted by molar-refractivity contribution is 7.17. The Balaban J connectivity index is 1.74.